The van der Waals surface area contributed by atoms with Gasteiger partial charge >= 0.3 is 0 Å². The lowest BCUT2D eigenvalue weighted by Gasteiger charge is -2.14. The van der Waals surface area contributed by atoms with E-state index in [0.717, 1.165) is 11.1 Å². The molecule has 26 heavy (non-hydrogen) atoms. The van der Waals surface area contributed by atoms with E-state index in [2.05, 4.69) is 20.6 Å². The molecule has 1 heterocycles. The molecule has 0 bridgehead atoms. The van der Waals surface area contributed by atoms with Gasteiger partial charge in [-0.1, -0.05) is 42.5 Å². The number of aromatic nitrogens is 2. The van der Waals surface area contributed by atoms with Gasteiger partial charge in [0.1, 0.15) is 5.69 Å². The molecular formula is C20H20N4O2. The molecule has 2 aromatic carbocycles. The van der Waals surface area contributed by atoms with E-state index in [0.29, 0.717) is 5.69 Å². The van der Waals surface area contributed by atoms with E-state index in [4.69, 9.17) is 0 Å². The Morgan fingerprint density at radius 3 is 2.54 bits per heavy atom. The highest BCUT2D eigenvalue weighted by atomic mass is 16.2. The first-order chi connectivity index (χ1) is 12.5. The summed E-state index contributed by atoms with van der Waals surface area (Å²) in [6.45, 7) is 3.82. The van der Waals surface area contributed by atoms with Crippen LogP contribution >= 0.6 is 0 Å². The predicted octanol–water partition coefficient (Wildman–Crippen LogP) is 3.46. The number of imidazole rings is 1. The van der Waals surface area contributed by atoms with Gasteiger partial charge in [-0.2, -0.15) is 0 Å². The molecule has 1 atom stereocenters. The Bertz CT molecular complexity index is 918. The lowest BCUT2D eigenvalue weighted by Crippen LogP contribution is -2.29. The molecule has 6 heteroatoms. The molecule has 0 aliphatic carbocycles. The van der Waals surface area contributed by atoms with Gasteiger partial charge in [0.05, 0.1) is 12.4 Å². The molecule has 3 N–H and O–H groups in total. The second-order valence-electron chi connectivity index (χ2n) is 6.06. The molecule has 0 saturated heterocycles. The van der Waals surface area contributed by atoms with Crippen molar-refractivity contribution < 1.29 is 9.59 Å². The highest BCUT2D eigenvalue weighted by Gasteiger charge is 2.22. The number of nitrogens with one attached hydrogen (secondary N) is 3. The number of nitrogens with zero attached hydrogens (tertiary/aromatic N) is 1. The van der Waals surface area contributed by atoms with E-state index in [1.807, 2.05) is 62.4 Å². The summed E-state index contributed by atoms with van der Waals surface area (Å²) >= 11 is 0. The standard InChI is InChI=1S/C20H20N4O2/c1-13-7-6-10-16(11-13)24-20(26)18-17(21-12-22-18)19(25)23-14(2)15-8-4-3-5-9-15/h3-12,14H,1-2H3,(H,21,22)(H,23,25)(H,24,26)/t14-/m1/s1. The largest absolute Gasteiger partial charge is 0.344 e. The van der Waals surface area contributed by atoms with Gasteiger partial charge in [-0.3, -0.25) is 9.59 Å². The molecule has 0 aliphatic rings. The average Bonchev–Trinajstić information content (AvgIpc) is 3.12. The second kappa shape index (κ2) is 7.65. The summed E-state index contributed by atoms with van der Waals surface area (Å²) in [7, 11) is 0. The maximum Gasteiger partial charge on any atom is 0.276 e. The smallest absolute Gasteiger partial charge is 0.276 e. The number of anilines is 1. The monoisotopic (exact) mass is 348 g/mol. The highest BCUT2D eigenvalue weighted by molar-refractivity contribution is 6.10. The predicted molar refractivity (Wildman–Crippen MR) is 100 cm³/mol. The molecule has 0 aliphatic heterocycles. The fourth-order valence-corrected chi connectivity index (χ4v) is 2.65. The molecule has 0 radical (unpaired) electrons. The molecule has 2 amide bonds. The summed E-state index contributed by atoms with van der Waals surface area (Å²) in [6.07, 6.45) is 1.34. The number of rotatable bonds is 5. The third-order valence-electron chi connectivity index (χ3n) is 4.00. The van der Waals surface area contributed by atoms with Crippen LogP contribution in [0.15, 0.2) is 60.9 Å². The van der Waals surface area contributed by atoms with Crippen LogP contribution in [0.3, 0.4) is 0 Å². The van der Waals surface area contributed by atoms with E-state index < -0.39 is 5.91 Å². The highest BCUT2D eigenvalue weighted by Crippen LogP contribution is 2.15. The molecule has 6 nitrogen and oxygen atoms in total. The zero-order valence-electron chi connectivity index (χ0n) is 14.6. The summed E-state index contributed by atoms with van der Waals surface area (Å²) in [5, 5.41) is 5.64. The Hall–Kier alpha value is -3.41. The van der Waals surface area contributed by atoms with Crippen molar-refractivity contribution in [2.45, 2.75) is 19.9 Å². The SMILES string of the molecule is Cc1cccc(NC(=O)c2nc[nH]c2C(=O)N[C@H](C)c2ccccc2)c1. The van der Waals surface area contributed by atoms with Crippen molar-refractivity contribution in [1.82, 2.24) is 15.3 Å². The number of carbonyl (C=O) groups excluding carboxylic acids is 2. The topological polar surface area (TPSA) is 86.9 Å². The molecule has 0 saturated carbocycles. The number of amides is 2. The van der Waals surface area contributed by atoms with Gasteiger partial charge in [0.25, 0.3) is 11.8 Å². The Balaban J connectivity index is 1.73. The third-order valence-corrected chi connectivity index (χ3v) is 4.00. The Morgan fingerprint density at radius 2 is 1.81 bits per heavy atom. The van der Waals surface area contributed by atoms with Gasteiger partial charge in [-0.15, -0.1) is 0 Å². The van der Waals surface area contributed by atoms with Crippen LogP contribution in [0.4, 0.5) is 5.69 Å². The Morgan fingerprint density at radius 1 is 1.04 bits per heavy atom. The summed E-state index contributed by atoms with van der Waals surface area (Å²) in [5.74, 6) is -0.817. The minimum atomic E-state index is -0.436. The van der Waals surface area contributed by atoms with Crippen molar-refractivity contribution in [3.8, 4) is 0 Å². The minimum Gasteiger partial charge on any atom is -0.344 e. The third kappa shape index (κ3) is 3.97. The number of aryl methyl sites for hydroxylation is 1. The van der Waals surface area contributed by atoms with Crippen molar-refractivity contribution in [2.75, 3.05) is 5.32 Å². The summed E-state index contributed by atoms with van der Waals surface area (Å²) < 4.78 is 0. The average molecular weight is 348 g/mol. The van der Waals surface area contributed by atoms with Gasteiger partial charge in [-0.05, 0) is 37.1 Å². The first-order valence-electron chi connectivity index (χ1n) is 8.32. The number of hydrogen-bond donors (Lipinski definition) is 3. The van der Waals surface area contributed by atoms with Crippen molar-refractivity contribution in [3.05, 3.63) is 83.4 Å². The number of carbonyl (C=O) groups is 2. The van der Waals surface area contributed by atoms with E-state index >= 15 is 0 Å². The van der Waals surface area contributed by atoms with Crippen LogP contribution in [0.5, 0.6) is 0 Å². The van der Waals surface area contributed by atoms with Gasteiger partial charge < -0.3 is 15.6 Å². The van der Waals surface area contributed by atoms with Crippen LogP contribution in [0.1, 0.15) is 45.1 Å². The molecule has 3 aromatic rings. The summed E-state index contributed by atoms with van der Waals surface area (Å²) in [5.41, 5.74) is 2.86. The van der Waals surface area contributed by atoms with Gasteiger partial charge in [0.15, 0.2) is 5.69 Å². The molecular weight excluding hydrogens is 328 g/mol. The van der Waals surface area contributed by atoms with Crippen LogP contribution < -0.4 is 10.6 Å². The van der Waals surface area contributed by atoms with E-state index in [9.17, 15) is 9.59 Å². The van der Waals surface area contributed by atoms with Crippen LogP contribution in [0, 0.1) is 6.92 Å². The molecule has 3 rings (SSSR count). The van der Waals surface area contributed by atoms with E-state index in [1.54, 1.807) is 6.07 Å². The van der Waals surface area contributed by atoms with Gasteiger partial charge in [0, 0.05) is 5.69 Å². The molecule has 0 spiro atoms. The van der Waals surface area contributed by atoms with Crippen LogP contribution in [0.2, 0.25) is 0 Å². The zero-order valence-corrected chi connectivity index (χ0v) is 14.6. The minimum absolute atomic E-state index is 0.0595. The van der Waals surface area contributed by atoms with Gasteiger partial charge in [0.2, 0.25) is 0 Å². The maximum absolute atomic E-state index is 12.6. The first-order valence-corrected chi connectivity index (χ1v) is 8.32. The Labute approximate surface area is 151 Å². The summed E-state index contributed by atoms with van der Waals surface area (Å²) in [4.78, 5) is 31.8. The lowest BCUT2D eigenvalue weighted by atomic mass is 10.1. The van der Waals surface area contributed by atoms with Crippen LogP contribution in [0.25, 0.3) is 0 Å². The number of hydrogen-bond acceptors (Lipinski definition) is 3. The fraction of sp³-hybridized carbons (Fsp3) is 0.150. The van der Waals surface area contributed by atoms with Crippen LogP contribution in [-0.2, 0) is 0 Å². The van der Waals surface area contributed by atoms with E-state index in [1.165, 1.54) is 6.33 Å². The molecule has 1 aromatic heterocycles. The maximum atomic E-state index is 12.6. The quantitative estimate of drug-likeness (QED) is 0.660. The van der Waals surface area contributed by atoms with Crippen molar-refractivity contribution in [1.29, 1.82) is 0 Å². The molecule has 0 fully saturated rings. The lowest BCUT2D eigenvalue weighted by molar-refractivity contribution is 0.0923. The van der Waals surface area contributed by atoms with Crippen molar-refractivity contribution in [2.24, 2.45) is 0 Å². The number of benzene rings is 2. The second-order valence-corrected chi connectivity index (χ2v) is 6.06. The fourth-order valence-electron chi connectivity index (χ4n) is 2.65. The Kier molecular flexibility index (Phi) is 5.12. The number of H-pyrrole nitrogens is 1. The van der Waals surface area contributed by atoms with Gasteiger partial charge in [-0.25, -0.2) is 4.98 Å². The zero-order chi connectivity index (χ0) is 18.5. The summed E-state index contributed by atoms with van der Waals surface area (Å²) in [6, 6.07) is 16.8. The molecule has 132 valence electrons. The van der Waals surface area contributed by atoms with E-state index in [-0.39, 0.29) is 23.3 Å². The van der Waals surface area contributed by atoms with Crippen LogP contribution in [-0.4, -0.2) is 21.8 Å². The number of aromatic amines is 1. The molecule has 0 unspecified atom stereocenters. The van der Waals surface area contributed by atoms with Crippen molar-refractivity contribution >= 4 is 17.5 Å². The van der Waals surface area contributed by atoms with Crippen molar-refractivity contribution in [3.63, 3.8) is 0 Å². The first kappa shape index (κ1) is 17.4. The normalized spacial score (nSPS) is 11.6.